The number of nitrogens with one attached hydrogen (secondary N) is 1. The van der Waals surface area contributed by atoms with Gasteiger partial charge >= 0.3 is 0 Å². The van der Waals surface area contributed by atoms with E-state index in [1.54, 1.807) is 18.3 Å². The molecule has 1 N–H and O–H groups in total. The maximum absolute atomic E-state index is 12.5. The van der Waals surface area contributed by atoms with E-state index >= 15 is 0 Å². The lowest BCUT2D eigenvalue weighted by Gasteiger charge is -2.17. The van der Waals surface area contributed by atoms with Crippen LogP contribution < -0.4 is 5.32 Å². The highest BCUT2D eigenvalue weighted by Gasteiger charge is 2.19. The Morgan fingerprint density at radius 3 is 2.88 bits per heavy atom. The standard InChI is InChI=1S/C18H24N4O2S/c1-4-16-12(2)25-11-17(16)18(24)19-9-14-8-15-10-21(13(3)23)6-5-7-22(15)20-14/h8,11H,4-7,9-10H2,1-3H3,(H,19,24). The van der Waals surface area contributed by atoms with E-state index in [1.807, 2.05) is 28.0 Å². The van der Waals surface area contributed by atoms with Gasteiger partial charge in [0.25, 0.3) is 5.91 Å². The topological polar surface area (TPSA) is 67.2 Å². The smallest absolute Gasteiger partial charge is 0.252 e. The van der Waals surface area contributed by atoms with Crippen LogP contribution in [-0.4, -0.2) is 33.0 Å². The van der Waals surface area contributed by atoms with Gasteiger partial charge in [-0.2, -0.15) is 5.10 Å². The Labute approximate surface area is 151 Å². The Kier molecular flexibility index (Phi) is 5.22. The summed E-state index contributed by atoms with van der Waals surface area (Å²) in [6.45, 7) is 8.27. The number of hydrogen-bond acceptors (Lipinski definition) is 4. The number of aryl methyl sites for hydroxylation is 2. The molecule has 3 heterocycles. The molecule has 1 aliphatic rings. The van der Waals surface area contributed by atoms with E-state index < -0.39 is 0 Å². The van der Waals surface area contributed by atoms with Crippen LogP contribution in [0, 0.1) is 6.92 Å². The quantitative estimate of drug-likeness (QED) is 0.911. The normalized spacial score (nSPS) is 14.1. The van der Waals surface area contributed by atoms with Crippen molar-refractivity contribution < 1.29 is 9.59 Å². The van der Waals surface area contributed by atoms with E-state index in [0.29, 0.717) is 13.1 Å². The van der Waals surface area contributed by atoms with E-state index in [9.17, 15) is 9.59 Å². The summed E-state index contributed by atoms with van der Waals surface area (Å²) >= 11 is 1.61. The average molecular weight is 360 g/mol. The highest BCUT2D eigenvalue weighted by atomic mass is 32.1. The second kappa shape index (κ2) is 7.39. The summed E-state index contributed by atoms with van der Waals surface area (Å²) in [7, 11) is 0. The third kappa shape index (κ3) is 3.76. The minimum atomic E-state index is -0.0465. The molecule has 0 fully saturated rings. The van der Waals surface area contributed by atoms with Crippen molar-refractivity contribution in [3.8, 4) is 0 Å². The van der Waals surface area contributed by atoms with E-state index in [-0.39, 0.29) is 11.8 Å². The number of rotatable bonds is 4. The SMILES string of the molecule is CCc1c(C(=O)NCc2cc3n(n2)CCCN(C(C)=O)C3)csc1C. The van der Waals surface area contributed by atoms with Gasteiger partial charge in [-0.3, -0.25) is 14.3 Å². The molecule has 6 nitrogen and oxygen atoms in total. The van der Waals surface area contributed by atoms with Crippen LogP contribution in [0.3, 0.4) is 0 Å². The van der Waals surface area contributed by atoms with Crippen molar-refractivity contribution in [2.24, 2.45) is 0 Å². The molecule has 3 rings (SSSR count). The van der Waals surface area contributed by atoms with Gasteiger partial charge in [0.2, 0.25) is 5.91 Å². The van der Waals surface area contributed by atoms with Crippen molar-refractivity contribution in [2.75, 3.05) is 6.54 Å². The molecule has 1 aliphatic heterocycles. The third-order valence-corrected chi connectivity index (χ3v) is 5.60. The lowest BCUT2D eigenvalue weighted by atomic mass is 10.1. The molecule has 0 atom stereocenters. The average Bonchev–Trinajstić information content (AvgIpc) is 3.08. The largest absolute Gasteiger partial charge is 0.346 e. The molecule has 0 saturated carbocycles. The van der Waals surface area contributed by atoms with Gasteiger partial charge in [0.15, 0.2) is 0 Å². The van der Waals surface area contributed by atoms with Crippen molar-refractivity contribution in [2.45, 2.75) is 53.2 Å². The number of hydrogen-bond donors (Lipinski definition) is 1. The van der Waals surface area contributed by atoms with Gasteiger partial charge < -0.3 is 10.2 Å². The first kappa shape index (κ1) is 17.7. The van der Waals surface area contributed by atoms with Gasteiger partial charge in [-0.25, -0.2) is 0 Å². The number of thiophene rings is 1. The van der Waals surface area contributed by atoms with Gasteiger partial charge in [-0.1, -0.05) is 6.92 Å². The van der Waals surface area contributed by atoms with Gasteiger partial charge in [0.05, 0.1) is 30.0 Å². The van der Waals surface area contributed by atoms with Gasteiger partial charge in [-0.05, 0) is 31.4 Å². The van der Waals surface area contributed by atoms with Crippen molar-refractivity contribution in [1.29, 1.82) is 0 Å². The van der Waals surface area contributed by atoms with Crippen LogP contribution in [0.15, 0.2) is 11.4 Å². The molecule has 0 unspecified atom stereocenters. The highest BCUT2D eigenvalue weighted by Crippen LogP contribution is 2.22. The summed E-state index contributed by atoms with van der Waals surface area (Å²) in [5.41, 5.74) is 3.75. The molecule has 0 saturated heterocycles. The Hall–Kier alpha value is -2.15. The van der Waals surface area contributed by atoms with E-state index in [0.717, 1.165) is 48.4 Å². The number of carbonyl (C=O) groups is 2. The third-order valence-electron chi connectivity index (χ3n) is 4.64. The van der Waals surface area contributed by atoms with Gasteiger partial charge in [0.1, 0.15) is 0 Å². The second-order valence-corrected chi connectivity index (χ2v) is 7.45. The zero-order valence-corrected chi connectivity index (χ0v) is 15.8. The lowest BCUT2D eigenvalue weighted by Crippen LogP contribution is -2.28. The van der Waals surface area contributed by atoms with Gasteiger partial charge in [-0.15, -0.1) is 11.3 Å². The molecule has 0 aliphatic carbocycles. The fraction of sp³-hybridized carbons (Fsp3) is 0.500. The molecule has 25 heavy (non-hydrogen) atoms. The van der Waals surface area contributed by atoms with Crippen LogP contribution in [0.5, 0.6) is 0 Å². The molecule has 0 spiro atoms. The number of fused-ring (bicyclic) bond motifs is 1. The molecule has 0 bridgehead atoms. The summed E-state index contributed by atoms with van der Waals surface area (Å²) in [5, 5.41) is 9.49. The molecule has 134 valence electrons. The molecule has 2 aromatic heterocycles. The maximum atomic E-state index is 12.5. The summed E-state index contributed by atoms with van der Waals surface area (Å²) in [6.07, 6.45) is 1.76. The monoisotopic (exact) mass is 360 g/mol. The molecule has 0 radical (unpaired) electrons. The Bertz CT molecular complexity index is 793. The van der Waals surface area contributed by atoms with Crippen LogP contribution >= 0.6 is 11.3 Å². The molecule has 2 aromatic rings. The first-order valence-corrected chi connectivity index (χ1v) is 9.53. The maximum Gasteiger partial charge on any atom is 0.252 e. The summed E-state index contributed by atoms with van der Waals surface area (Å²) < 4.78 is 1.96. The zero-order valence-electron chi connectivity index (χ0n) is 15.0. The first-order chi connectivity index (χ1) is 12.0. The molecule has 7 heteroatoms. The first-order valence-electron chi connectivity index (χ1n) is 8.65. The minimum Gasteiger partial charge on any atom is -0.346 e. The molecular formula is C18H24N4O2S. The fourth-order valence-electron chi connectivity index (χ4n) is 3.25. The predicted molar refractivity (Wildman–Crippen MR) is 97.5 cm³/mol. The molecular weight excluding hydrogens is 336 g/mol. The van der Waals surface area contributed by atoms with Crippen LogP contribution in [-0.2, 0) is 30.8 Å². The van der Waals surface area contributed by atoms with Crippen LogP contribution in [0.25, 0.3) is 0 Å². The van der Waals surface area contributed by atoms with Crippen molar-refractivity contribution in [3.63, 3.8) is 0 Å². The Balaban J connectivity index is 1.67. The predicted octanol–water partition coefficient (Wildman–Crippen LogP) is 2.50. The van der Waals surface area contributed by atoms with E-state index in [4.69, 9.17) is 0 Å². The number of aromatic nitrogens is 2. The molecule has 0 aromatic carbocycles. The van der Waals surface area contributed by atoms with E-state index in [2.05, 4.69) is 17.3 Å². The summed E-state index contributed by atoms with van der Waals surface area (Å²) in [4.78, 5) is 27.1. The van der Waals surface area contributed by atoms with Gasteiger partial charge in [0, 0.05) is 30.3 Å². The number of amides is 2. The number of nitrogens with zero attached hydrogens (tertiary/aromatic N) is 3. The zero-order chi connectivity index (χ0) is 18.0. The fourth-order valence-corrected chi connectivity index (χ4v) is 4.19. The summed E-state index contributed by atoms with van der Waals surface area (Å²) in [5.74, 6) is 0.0409. The summed E-state index contributed by atoms with van der Waals surface area (Å²) in [6, 6.07) is 1.99. The minimum absolute atomic E-state index is 0.0465. The second-order valence-electron chi connectivity index (χ2n) is 6.36. The Morgan fingerprint density at radius 2 is 2.16 bits per heavy atom. The lowest BCUT2D eigenvalue weighted by molar-refractivity contribution is -0.129. The van der Waals surface area contributed by atoms with E-state index in [1.165, 1.54) is 4.88 Å². The van der Waals surface area contributed by atoms with Crippen LogP contribution in [0.4, 0.5) is 0 Å². The number of carbonyl (C=O) groups excluding carboxylic acids is 2. The Morgan fingerprint density at radius 1 is 1.36 bits per heavy atom. The van der Waals surface area contributed by atoms with Crippen LogP contribution in [0.2, 0.25) is 0 Å². The van der Waals surface area contributed by atoms with Crippen molar-refractivity contribution in [3.05, 3.63) is 38.8 Å². The van der Waals surface area contributed by atoms with Crippen molar-refractivity contribution in [1.82, 2.24) is 20.0 Å². The van der Waals surface area contributed by atoms with Crippen LogP contribution in [0.1, 0.15) is 52.5 Å². The molecule has 2 amide bonds. The highest BCUT2D eigenvalue weighted by molar-refractivity contribution is 7.10. The van der Waals surface area contributed by atoms with Crippen molar-refractivity contribution >= 4 is 23.2 Å².